The third-order valence-electron chi connectivity index (χ3n) is 5.24. The van der Waals surface area contributed by atoms with E-state index in [-0.39, 0.29) is 12.9 Å². The maximum absolute atomic E-state index is 5.90. The molecule has 6 nitrogen and oxygen atoms in total. The van der Waals surface area contributed by atoms with Crippen LogP contribution in [0, 0.1) is 0 Å². The lowest BCUT2D eigenvalue weighted by atomic mass is 10.1. The Bertz CT molecular complexity index is 781. The molecule has 2 aromatic carbocycles. The van der Waals surface area contributed by atoms with E-state index in [0.717, 1.165) is 61.1 Å². The van der Waals surface area contributed by atoms with E-state index in [9.17, 15) is 0 Å². The summed E-state index contributed by atoms with van der Waals surface area (Å²) in [6, 6.07) is 12.0. The minimum atomic E-state index is 0.259. The molecular formula is C22H27NO5. The van der Waals surface area contributed by atoms with Crippen molar-refractivity contribution in [3.05, 3.63) is 47.5 Å². The van der Waals surface area contributed by atoms with Crippen molar-refractivity contribution < 1.29 is 23.7 Å². The lowest BCUT2D eigenvalue weighted by Gasteiger charge is -2.27. The maximum Gasteiger partial charge on any atom is 0.231 e. The molecule has 0 bridgehead atoms. The Morgan fingerprint density at radius 1 is 1.00 bits per heavy atom. The quantitative estimate of drug-likeness (QED) is 0.692. The molecule has 1 saturated heterocycles. The van der Waals surface area contributed by atoms with Gasteiger partial charge in [0.1, 0.15) is 11.5 Å². The minimum Gasteiger partial charge on any atom is -0.496 e. The SMILES string of the molecule is COc1cccc(OC)c1CN(Cc1ccc2c(c1)OCO2)CC1CCCO1. The van der Waals surface area contributed by atoms with Crippen molar-refractivity contribution in [2.45, 2.75) is 32.0 Å². The van der Waals surface area contributed by atoms with Crippen LogP contribution < -0.4 is 18.9 Å². The summed E-state index contributed by atoms with van der Waals surface area (Å²) < 4.78 is 28.1. The summed E-state index contributed by atoms with van der Waals surface area (Å²) in [7, 11) is 3.39. The van der Waals surface area contributed by atoms with Crippen LogP contribution >= 0.6 is 0 Å². The molecule has 150 valence electrons. The van der Waals surface area contributed by atoms with Crippen molar-refractivity contribution in [3.8, 4) is 23.0 Å². The molecular weight excluding hydrogens is 358 g/mol. The van der Waals surface area contributed by atoms with Crippen LogP contribution in [0.1, 0.15) is 24.0 Å². The van der Waals surface area contributed by atoms with Crippen LogP contribution in [0.2, 0.25) is 0 Å². The second-order valence-corrected chi connectivity index (χ2v) is 7.13. The van der Waals surface area contributed by atoms with Gasteiger partial charge in [0.15, 0.2) is 11.5 Å². The summed E-state index contributed by atoms with van der Waals surface area (Å²) >= 11 is 0. The largest absolute Gasteiger partial charge is 0.496 e. The highest BCUT2D eigenvalue weighted by atomic mass is 16.7. The first kappa shape index (κ1) is 18.9. The zero-order valence-electron chi connectivity index (χ0n) is 16.5. The molecule has 1 fully saturated rings. The molecule has 0 aromatic heterocycles. The molecule has 1 atom stereocenters. The molecule has 2 aromatic rings. The molecule has 0 amide bonds. The topological polar surface area (TPSA) is 49.4 Å². The molecule has 2 heterocycles. The fourth-order valence-corrected chi connectivity index (χ4v) is 3.87. The maximum atomic E-state index is 5.90. The monoisotopic (exact) mass is 385 g/mol. The smallest absolute Gasteiger partial charge is 0.231 e. The Kier molecular flexibility index (Phi) is 5.88. The summed E-state index contributed by atoms with van der Waals surface area (Å²) in [5.74, 6) is 3.29. The molecule has 0 N–H and O–H groups in total. The van der Waals surface area contributed by atoms with Gasteiger partial charge in [0, 0.05) is 26.2 Å². The number of hydrogen-bond donors (Lipinski definition) is 0. The molecule has 0 spiro atoms. The van der Waals surface area contributed by atoms with Crippen molar-refractivity contribution in [3.63, 3.8) is 0 Å². The van der Waals surface area contributed by atoms with Crippen LogP contribution in [0.4, 0.5) is 0 Å². The first-order valence-corrected chi connectivity index (χ1v) is 9.69. The van der Waals surface area contributed by atoms with Crippen LogP contribution in [0.5, 0.6) is 23.0 Å². The Hall–Kier alpha value is -2.44. The summed E-state index contributed by atoms with van der Waals surface area (Å²) in [6.07, 6.45) is 2.48. The predicted octanol–water partition coefficient (Wildman–Crippen LogP) is 3.61. The van der Waals surface area contributed by atoms with Crippen LogP contribution in [0.15, 0.2) is 36.4 Å². The molecule has 1 unspecified atom stereocenters. The molecule has 0 radical (unpaired) electrons. The summed E-state index contributed by atoms with van der Waals surface area (Å²) in [6.45, 7) is 3.48. The Morgan fingerprint density at radius 2 is 1.79 bits per heavy atom. The number of nitrogens with zero attached hydrogens (tertiary/aromatic N) is 1. The second-order valence-electron chi connectivity index (χ2n) is 7.13. The average molecular weight is 385 g/mol. The average Bonchev–Trinajstić information content (AvgIpc) is 3.39. The second kappa shape index (κ2) is 8.71. The van der Waals surface area contributed by atoms with Gasteiger partial charge in [0.05, 0.1) is 25.9 Å². The fourth-order valence-electron chi connectivity index (χ4n) is 3.87. The van der Waals surface area contributed by atoms with E-state index in [1.165, 1.54) is 5.56 Å². The Morgan fingerprint density at radius 3 is 2.50 bits per heavy atom. The number of rotatable bonds is 8. The van der Waals surface area contributed by atoms with E-state index in [4.69, 9.17) is 23.7 Å². The molecule has 6 heteroatoms. The third kappa shape index (κ3) is 4.18. The molecule has 4 rings (SSSR count). The molecule has 2 aliphatic heterocycles. The highest BCUT2D eigenvalue weighted by Gasteiger charge is 2.23. The summed E-state index contributed by atoms with van der Waals surface area (Å²) in [5.41, 5.74) is 2.22. The molecule has 2 aliphatic rings. The van der Waals surface area contributed by atoms with Crippen LogP contribution in [-0.4, -0.2) is 45.2 Å². The van der Waals surface area contributed by atoms with E-state index in [2.05, 4.69) is 17.0 Å². The normalized spacial score (nSPS) is 17.9. The van der Waals surface area contributed by atoms with Gasteiger partial charge in [-0.05, 0) is 42.7 Å². The van der Waals surface area contributed by atoms with Crippen molar-refractivity contribution >= 4 is 0 Å². The van der Waals surface area contributed by atoms with Gasteiger partial charge in [-0.2, -0.15) is 0 Å². The molecule has 28 heavy (non-hydrogen) atoms. The van der Waals surface area contributed by atoms with Gasteiger partial charge in [-0.25, -0.2) is 0 Å². The zero-order chi connectivity index (χ0) is 19.3. The van der Waals surface area contributed by atoms with Crippen molar-refractivity contribution in [1.82, 2.24) is 4.90 Å². The van der Waals surface area contributed by atoms with Crippen molar-refractivity contribution in [2.75, 3.05) is 34.2 Å². The first-order chi connectivity index (χ1) is 13.8. The van der Waals surface area contributed by atoms with Crippen molar-refractivity contribution in [1.29, 1.82) is 0 Å². The summed E-state index contributed by atoms with van der Waals surface area (Å²) in [4.78, 5) is 2.38. The van der Waals surface area contributed by atoms with Gasteiger partial charge in [-0.15, -0.1) is 0 Å². The Balaban J connectivity index is 1.57. The number of methoxy groups -OCH3 is 2. The van der Waals surface area contributed by atoms with E-state index in [1.54, 1.807) is 14.2 Å². The van der Waals surface area contributed by atoms with E-state index < -0.39 is 0 Å². The van der Waals surface area contributed by atoms with Crippen LogP contribution in [0.25, 0.3) is 0 Å². The van der Waals surface area contributed by atoms with Gasteiger partial charge in [0.2, 0.25) is 6.79 Å². The zero-order valence-corrected chi connectivity index (χ0v) is 16.5. The van der Waals surface area contributed by atoms with Crippen molar-refractivity contribution in [2.24, 2.45) is 0 Å². The highest BCUT2D eigenvalue weighted by molar-refractivity contribution is 5.46. The third-order valence-corrected chi connectivity index (χ3v) is 5.24. The lowest BCUT2D eigenvalue weighted by molar-refractivity contribution is 0.0673. The van der Waals surface area contributed by atoms with Gasteiger partial charge in [0.25, 0.3) is 0 Å². The van der Waals surface area contributed by atoms with Gasteiger partial charge >= 0.3 is 0 Å². The Labute approximate surface area is 165 Å². The minimum absolute atomic E-state index is 0.259. The number of benzene rings is 2. The molecule has 0 aliphatic carbocycles. The van der Waals surface area contributed by atoms with E-state index in [1.807, 2.05) is 24.3 Å². The fraction of sp³-hybridized carbons (Fsp3) is 0.455. The van der Waals surface area contributed by atoms with E-state index in [0.29, 0.717) is 6.54 Å². The van der Waals surface area contributed by atoms with E-state index >= 15 is 0 Å². The van der Waals surface area contributed by atoms with Crippen LogP contribution in [-0.2, 0) is 17.8 Å². The predicted molar refractivity (Wildman–Crippen MR) is 105 cm³/mol. The number of fused-ring (bicyclic) bond motifs is 1. The van der Waals surface area contributed by atoms with Gasteiger partial charge in [-0.1, -0.05) is 12.1 Å². The number of ether oxygens (including phenoxy) is 5. The van der Waals surface area contributed by atoms with Crippen LogP contribution in [0.3, 0.4) is 0 Å². The highest BCUT2D eigenvalue weighted by Crippen LogP contribution is 2.34. The molecule has 0 saturated carbocycles. The number of hydrogen-bond acceptors (Lipinski definition) is 6. The van der Waals surface area contributed by atoms with Gasteiger partial charge in [-0.3, -0.25) is 4.90 Å². The standard InChI is InChI=1S/C22H27NO5/c1-24-19-6-3-7-20(25-2)18(19)14-23(13-17-5-4-10-26-17)12-16-8-9-21-22(11-16)28-15-27-21/h3,6-9,11,17H,4-5,10,12-15H2,1-2H3. The first-order valence-electron chi connectivity index (χ1n) is 9.69. The summed E-state index contributed by atoms with van der Waals surface area (Å²) in [5, 5.41) is 0. The van der Waals surface area contributed by atoms with Gasteiger partial charge < -0.3 is 23.7 Å². The lowest BCUT2D eigenvalue weighted by Crippen LogP contribution is -2.31.